The number of anilines is 1. The maximum atomic E-state index is 5.72. The first-order valence-corrected chi connectivity index (χ1v) is 7.33. The van der Waals surface area contributed by atoms with Crippen LogP contribution in [0.4, 0.5) is 5.69 Å². The van der Waals surface area contributed by atoms with Gasteiger partial charge in [0, 0.05) is 30.7 Å². The van der Waals surface area contributed by atoms with Gasteiger partial charge in [0.2, 0.25) is 0 Å². The molecule has 1 N–H and O–H groups in total. The summed E-state index contributed by atoms with van der Waals surface area (Å²) in [6, 6.07) is 10.8. The van der Waals surface area contributed by atoms with Gasteiger partial charge in [-0.3, -0.25) is 0 Å². The third-order valence-corrected chi connectivity index (χ3v) is 3.81. The summed E-state index contributed by atoms with van der Waals surface area (Å²) in [5.74, 6) is 0. The molecule has 0 aliphatic carbocycles. The number of benzene rings is 1. The molecule has 106 valence electrons. The molecule has 1 aromatic heterocycles. The van der Waals surface area contributed by atoms with Crippen molar-refractivity contribution < 1.29 is 4.74 Å². The minimum absolute atomic E-state index is 0.399. The van der Waals surface area contributed by atoms with Crippen molar-refractivity contribution in [2.75, 3.05) is 11.9 Å². The summed E-state index contributed by atoms with van der Waals surface area (Å²) in [6.45, 7) is 3.04. The van der Waals surface area contributed by atoms with Crippen LogP contribution in [0.2, 0.25) is 0 Å². The molecule has 2 aromatic rings. The predicted molar refractivity (Wildman–Crippen MR) is 80.2 cm³/mol. The lowest BCUT2D eigenvalue weighted by Crippen LogP contribution is -2.33. The second kappa shape index (κ2) is 6.09. The Hall–Kier alpha value is -1.81. The predicted octanol–water partition coefficient (Wildman–Crippen LogP) is 3.24. The van der Waals surface area contributed by atoms with Crippen molar-refractivity contribution in [3.05, 3.63) is 42.7 Å². The van der Waals surface area contributed by atoms with Gasteiger partial charge in [-0.15, -0.1) is 0 Å². The molecular weight excluding hydrogens is 250 g/mol. The zero-order valence-electron chi connectivity index (χ0n) is 11.8. The van der Waals surface area contributed by atoms with Gasteiger partial charge >= 0.3 is 0 Å². The lowest BCUT2D eigenvalue weighted by Gasteiger charge is -2.30. The van der Waals surface area contributed by atoms with Crippen molar-refractivity contribution in [3.8, 4) is 5.69 Å². The molecule has 1 aliphatic rings. The lowest BCUT2D eigenvalue weighted by atomic mass is 10.0. The molecule has 0 spiro atoms. The van der Waals surface area contributed by atoms with Crippen molar-refractivity contribution in [2.45, 2.75) is 38.3 Å². The zero-order valence-corrected chi connectivity index (χ0v) is 11.8. The van der Waals surface area contributed by atoms with Gasteiger partial charge in [-0.2, -0.15) is 5.10 Å². The van der Waals surface area contributed by atoms with Crippen LogP contribution in [0.1, 0.15) is 26.2 Å². The number of nitrogens with zero attached hydrogens (tertiary/aromatic N) is 2. The van der Waals surface area contributed by atoms with Crippen LogP contribution in [0.3, 0.4) is 0 Å². The number of nitrogens with one attached hydrogen (secondary N) is 1. The van der Waals surface area contributed by atoms with E-state index in [9.17, 15) is 0 Å². The van der Waals surface area contributed by atoms with Crippen molar-refractivity contribution >= 4 is 5.69 Å². The van der Waals surface area contributed by atoms with Crippen LogP contribution in [0.25, 0.3) is 5.69 Å². The van der Waals surface area contributed by atoms with Crippen LogP contribution in [0.15, 0.2) is 42.7 Å². The molecular formula is C16H21N3O. The number of hydrogen-bond acceptors (Lipinski definition) is 3. The Balaban J connectivity index is 1.70. The summed E-state index contributed by atoms with van der Waals surface area (Å²) in [5.41, 5.74) is 2.24. The second-order valence-corrected chi connectivity index (χ2v) is 5.27. The Bertz CT molecular complexity index is 538. The van der Waals surface area contributed by atoms with Gasteiger partial charge in [-0.25, -0.2) is 4.68 Å². The van der Waals surface area contributed by atoms with Crippen molar-refractivity contribution in [1.82, 2.24) is 9.78 Å². The molecule has 2 heterocycles. The summed E-state index contributed by atoms with van der Waals surface area (Å²) >= 11 is 0. The summed E-state index contributed by atoms with van der Waals surface area (Å²) < 4.78 is 7.60. The van der Waals surface area contributed by atoms with Crippen LogP contribution < -0.4 is 5.32 Å². The molecule has 4 heteroatoms. The third kappa shape index (κ3) is 3.02. The van der Waals surface area contributed by atoms with Gasteiger partial charge < -0.3 is 10.1 Å². The number of ether oxygens (including phenoxy) is 1. The first kappa shape index (κ1) is 13.2. The summed E-state index contributed by atoms with van der Waals surface area (Å²) in [5, 5.41) is 7.89. The molecule has 2 atom stereocenters. The SMILES string of the molecule is CCC1CC(Nc2cccc(-n3cccn3)c2)CCO1. The van der Waals surface area contributed by atoms with Crippen LogP contribution in [0, 0.1) is 0 Å². The Morgan fingerprint density at radius 1 is 1.40 bits per heavy atom. The summed E-state index contributed by atoms with van der Waals surface area (Å²) in [4.78, 5) is 0. The van der Waals surface area contributed by atoms with Crippen LogP contribution in [-0.2, 0) is 4.74 Å². The van der Waals surface area contributed by atoms with Crippen LogP contribution >= 0.6 is 0 Å². The molecule has 3 rings (SSSR count). The van der Waals surface area contributed by atoms with Crippen LogP contribution in [-0.4, -0.2) is 28.5 Å². The summed E-state index contributed by atoms with van der Waals surface area (Å²) in [7, 11) is 0. The van der Waals surface area contributed by atoms with Gasteiger partial charge in [0.25, 0.3) is 0 Å². The average molecular weight is 271 g/mol. The molecule has 1 aliphatic heterocycles. The molecule has 2 unspecified atom stereocenters. The molecule has 1 aromatic carbocycles. The van der Waals surface area contributed by atoms with E-state index in [0.717, 1.165) is 37.2 Å². The fourth-order valence-electron chi connectivity index (χ4n) is 2.69. The van der Waals surface area contributed by atoms with Crippen molar-refractivity contribution in [1.29, 1.82) is 0 Å². The smallest absolute Gasteiger partial charge is 0.0666 e. The van der Waals surface area contributed by atoms with E-state index in [4.69, 9.17) is 4.74 Å². The van der Waals surface area contributed by atoms with E-state index in [2.05, 4.69) is 41.6 Å². The maximum Gasteiger partial charge on any atom is 0.0666 e. The first-order valence-electron chi connectivity index (χ1n) is 7.33. The molecule has 1 fully saturated rings. The molecule has 0 amide bonds. The van der Waals surface area contributed by atoms with Crippen molar-refractivity contribution in [3.63, 3.8) is 0 Å². The molecule has 0 bridgehead atoms. The quantitative estimate of drug-likeness (QED) is 0.928. The third-order valence-electron chi connectivity index (χ3n) is 3.81. The van der Waals surface area contributed by atoms with E-state index in [1.54, 1.807) is 6.20 Å². The van der Waals surface area contributed by atoms with E-state index in [-0.39, 0.29) is 0 Å². The molecule has 0 radical (unpaired) electrons. The molecule has 1 saturated heterocycles. The molecule has 0 saturated carbocycles. The standard InChI is InChI=1S/C16H21N3O/c1-2-16-12-14(7-10-20-16)18-13-5-3-6-15(11-13)19-9-4-8-17-19/h3-6,8-9,11,14,16,18H,2,7,10,12H2,1H3. The highest BCUT2D eigenvalue weighted by molar-refractivity contribution is 5.51. The monoisotopic (exact) mass is 271 g/mol. The number of rotatable bonds is 4. The van der Waals surface area contributed by atoms with E-state index in [0.29, 0.717) is 12.1 Å². The highest BCUT2D eigenvalue weighted by atomic mass is 16.5. The van der Waals surface area contributed by atoms with E-state index in [1.807, 2.05) is 16.9 Å². The first-order chi connectivity index (χ1) is 9.85. The highest BCUT2D eigenvalue weighted by Gasteiger charge is 2.21. The lowest BCUT2D eigenvalue weighted by molar-refractivity contribution is 0.00926. The maximum absolute atomic E-state index is 5.72. The Morgan fingerprint density at radius 2 is 2.35 bits per heavy atom. The number of hydrogen-bond donors (Lipinski definition) is 1. The molecule has 4 nitrogen and oxygen atoms in total. The fraction of sp³-hybridized carbons (Fsp3) is 0.438. The average Bonchev–Trinajstić information content (AvgIpc) is 3.02. The van der Waals surface area contributed by atoms with Gasteiger partial charge in [0.15, 0.2) is 0 Å². The topological polar surface area (TPSA) is 39.1 Å². The highest BCUT2D eigenvalue weighted by Crippen LogP contribution is 2.21. The Kier molecular flexibility index (Phi) is 4.02. The Morgan fingerprint density at radius 3 is 3.15 bits per heavy atom. The number of aromatic nitrogens is 2. The van der Waals surface area contributed by atoms with Gasteiger partial charge in [-0.1, -0.05) is 13.0 Å². The molecule has 20 heavy (non-hydrogen) atoms. The minimum Gasteiger partial charge on any atom is -0.382 e. The van der Waals surface area contributed by atoms with E-state index < -0.39 is 0 Å². The summed E-state index contributed by atoms with van der Waals surface area (Å²) in [6.07, 6.45) is 7.40. The Labute approximate surface area is 119 Å². The van der Waals surface area contributed by atoms with E-state index >= 15 is 0 Å². The fourth-order valence-corrected chi connectivity index (χ4v) is 2.69. The van der Waals surface area contributed by atoms with Crippen LogP contribution in [0.5, 0.6) is 0 Å². The largest absolute Gasteiger partial charge is 0.382 e. The van der Waals surface area contributed by atoms with E-state index in [1.165, 1.54) is 0 Å². The van der Waals surface area contributed by atoms with Crippen molar-refractivity contribution in [2.24, 2.45) is 0 Å². The zero-order chi connectivity index (χ0) is 13.8. The van der Waals surface area contributed by atoms with Gasteiger partial charge in [0.05, 0.1) is 11.8 Å². The normalized spacial score (nSPS) is 22.6. The second-order valence-electron chi connectivity index (χ2n) is 5.27. The van der Waals surface area contributed by atoms with Gasteiger partial charge in [0.1, 0.15) is 0 Å². The van der Waals surface area contributed by atoms with Gasteiger partial charge in [-0.05, 0) is 43.5 Å². The minimum atomic E-state index is 0.399.